The second kappa shape index (κ2) is 6.08. The van der Waals surface area contributed by atoms with Gasteiger partial charge in [-0.05, 0) is 38.5 Å². The fourth-order valence-corrected chi connectivity index (χ4v) is 3.27. The van der Waals surface area contributed by atoms with Gasteiger partial charge in [0.25, 0.3) is 0 Å². The molecule has 0 radical (unpaired) electrons. The molecular weight excluding hydrogens is 240 g/mol. The topological polar surface area (TPSA) is 44.7 Å². The van der Waals surface area contributed by atoms with E-state index >= 15 is 0 Å². The predicted molar refractivity (Wildman–Crippen MR) is 75.2 cm³/mol. The maximum atomic E-state index is 9.27. The summed E-state index contributed by atoms with van der Waals surface area (Å²) in [5, 5.41) is 13.0. The summed E-state index contributed by atoms with van der Waals surface area (Å²) in [5.41, 5.74) is 0.276. The molecule has 0 bridgehead atoms. The third-order valence-electron chi connectivity index (χ3n) is 4.74. The molecule has 0 aromatic heterocycles. The third kappa shape index (κ3) is 3.91. The molecule has 1 aliphatic heterocycles. The predicted octanol–water partition coefficient (Wildman–Crippen LogP) is 0.992. The van der Waals surface area contributed by atoms with Crippen LogP contribution in [0.3, 0.4) is 0 Å². The van der Waals surface area contributed by atoms with E-state index < -0.39 is 0 Å². The first-order valence-electron chi connectivity index (χ1n) is 7.97. The van der Waals surface area contributed by atoms with Crippen molar-refractivity contribution in [3.8, 4) is 0 Å². The van der Waals surface area contributed by atoms with E-state index in [1.807, 2.05) is 0 Å². The first-order chi connectivity index (χ1) is 9.31. The molecule has 110 valence electrons. The first kappa shape index (κ1) is 13.8. The summed E-state index contributed by atoms with van der Waals surface area (Å²) in [5.74, 6) is 0. The highest BCUT2D eigenvalue weighted by atomic mass is 16.5. The van der Waals surface area contributed by atoms with Gasteiger partial charge in [0.2, 0.25) is 0 Å². The molecule has 1 unspecified atom stereocenters. The Morgan fingerprint density at radius 3 is 2.68 bits per heavy atom. The van der Waals surface area contributed by atoms with Crippen LogP contribution in [0.5, 0.6) is 0 Å². The van der Waals surface area contributed by atoms with Gasteiger partial charge in [0.15, 0.2) is 0 Å². The fraction of sp³-hybridized carbons (Fsp3) is 1.00. The smallest absolute Gasteiger partial charge is 0.0558 e. The Hall–Kier alpha value is -0.160. The van der Waals surface area contributed by atoms with Gasteiger partial charge in [-0.25, -0.2) is 0 Å². The van der Waals surface area contributed by atoms with Gasteiger partial charge >= 0.3 is 0 Å². The van der Waals surface area contributed by atoms with Gasteiger partial charge < -0.3 is 15.2 Å². The number of aliphatic hydroxyl groups excluding tert-OH is 1. The van der Waals surface area contributed by atoms with E-state index in [1.54, 1.807) is 0 Å². The van der Waals surface area contributed by atoms with Gasteiger partial charge in [0.05, 0.1) is 13.2 Å². The van der Waals surface area contributed by atoms with Crippen LogP contribution in [0.1, 0.15) is 38.5 Å². The van der Waals surface area contributed by atoms with Crippen LogP contribution in [-0.2, 0) is 4.74 Å². The molecular formula is C15H28N2O2. The molecule has 4 nitrogen and oxygen atoms in total. The van der Waals surface area contributed by atoms with Crippen LogP contribution in [0.4, 0.5) is 0 Å². The van der Waals surface area contributed by atoms with Crippen LogP contribution < -0.4 is 5.32 Å². The summed E-state index contributed by atoms with van der Waals surface area (Å²) in [4.78, 5) is 2.50. The Kier molecular flexibility index (Phi) is 4.42. The average Bonchev–Trinajstić information content (AvgIpc) is 3.31. The zero-order valence-corrected chi connectivity index (χ0v) is 11.9. The minimum atomic E-state index is 0.276. The molecule has 1 saturated heterocycles. The Morgan fingerprint density at radius 1 is 1.26 bits per heavy atom. The van der Waals surface area contributed by atoms with Gasteiger partial charge in [-0.15, -0.1) is 0 Å². The molecule has 2 aliphatic carbocycles. The van der Waals surface area contributed by atoms with Gasteiger partial charge in [0, 0.05) is 43.7 Å². The molecule has 0 aromatic rings. The summed E-state index contributed by atoms with van der Waals surface area (Å²) in [6, 6.07) is 1.50. The van der Waals surface area contributed by atoms with Crippen molar-refractivity contribution in [2.75, 3.05) is 39.5 Å². The summed E-state index contributed by atoms with van der Waals surface area (Å²) in [7, 11) is 0. The number of nitrogens with zero attached hydrogens (tertiary/aromatic N) is 1. The summed E-state index contributed by atoms with van der Waals surface area (Å²) < 4.78 is 5.79. The molecule has 1 heterocycles. The molecule has 0 spiro atoms. The maximum absolute atomic E-state index is 9.27. The molecule has 3 aliphatic rings. The molecule has 4 heteroatoms. The molecule has 2 saturated carbocycles. The molecule has 2 N–H and O–H groups in total. The van der Waals surface area contributed by atoms with Crippen molar-refractivity contribution in [2.45, 2.75) is 50.6 Å². The van der Waals surface area contributed by atoms with Crippen molar-refractivity contribution in [1.29, 1.82) is 0 Å². The van der Waals surface area contributed by atoms with Crippen LogP contribution in [0.15, 0.2) is 0 Å². The highest BCUT2D eigenvalue weighted by molar-refractivity contribution is 4.94. The normalized spacial score (nSPS) is 31.9. The second-order valence-corrected chi connectivity index (χ2v) is 6.74. The number of ether oxygens (including phenoxy) is 1. The maximum Gasteiger partial charge on any atom is 0.0558 e. The number of hydrogen-bond donors (Lipinski definition) is 2. The zero-order valence-electron chi connectivity index (χ0n) is 11.9. The third-order valence-corrected chi connectivity index (χ3v) is 4.74. The molecule has 3 rings (SSSR count). The van der Waals surface area contributed by atoms with E-state index in [-0.39, 0.29) is 12.0 Å². The van der Waals surface area contributed by atoms with E-state index in [4.69, 9.17) is 4.74 Å². The standard InChI is InChI=1S/C15H28N2O2/c18-8-7-17(14-4-5-14)11-15(6-1-9-19-12-15)10-16-13-2-3-13/h13-14,16,18H,1-12H2. The number of rotatable bonds is 8. The average molecular weight is 268 g/mol. The van der Waals surface area contributed by atoms with Crippen molar-refractivity contribution in [3.05, 3.63) is 0 Å². The summed E-state index contributed by atoms with van der Waals surface area (Å²) >= 11 is 0. The molecule has 0 aromatic carbocycles. The van der Waals surface area contributed by atoms with E-state index in [9.17, 15) is 5.11 Å². The van der Waals surface area contributed by atoms with E-state index in [0.717, 1.165) is 44.9 Å². The highest BCUT2D eigenvalue weighted by Crippen LogP contribution is 2.35. The van der Waals surface area contributed by atoms with Crippen molar-refractivity contribution in [3.63, 3.8) is 0 Å². The van der Waals surface area contributed by atoms with E-state index in [0.29, 0.717) is 0 Å². The number of hydrogen-bond acceptors (Lipinski definition) is 4. The summed E-state index contributed by atoms with van der Waals surface area (Å²) in [6.07, 6.45) is 7.77. The molecule has 3 fully saturated rings. The Bertz CT molecular complexity index is 284. The van der Waals surface area contributed by atoms with Crippen molar-refractivity contribution in [2.24, 2.45) is 5.41 Å². The fourth-order valence-electron chi connectivity index (χ4n) is 3.27. The van der Waals surface area contributed by atoms with Gasteiger partial charge in [0.1, 0.15) is 0 Å². The molecule has 0 amide bonds. The lowest BCUT2D eigenvalue weighted by Gasteiger charge is -2.41. The van der Waals surface area contributed by atoms with Crippen LogP contribution >= 0.6 is 0 Å². The first-order valence-corrected chi connectivity index (χ1v) is 7.97. The SMILES string of the molecule is OCCN(CC1(CNC2CC2)CCCOC1)C1CC1. The van der Waals surface area contributed by atoms with Crippen molar-refractivity contribution >= 4 is 0 Å². The number of aliphatic hydroxyl groups is 1. The molecule has 19 heavy (non-hydrogen) atoms. The van der Waals surface area contributed by atoms with E-state index in [2.05, 4.69) is 10.2 Å². The van der Waals surface area contributed by atoms with Crippen LogP contribution in [-0.4, -0.2) is 61.5 Å². The molecule has 1 atom stereocenters. The zero-order chi connectivity index (χ0) is 13.1. The Balaban J connectivity index is 1.58. The second-order valence-electron chi connectivity index (χ2n) is 6.74. The van der Waals surface area contributed by atoms with Crippen molar-refractivity contribution < 1.29 is 9.84 Å². The monoisotopic (exact) mass is 268 g/mol. The van der Waals surface area contributed by atoms with Crippen molar-refractivity contribution in [1.82, 2.24) is 10.2 Å². The minimum absolute atomic E-state index is 0.276. The quantitative estimate of drug-likeness (QED) is 0.689. The summed E-state index contributed by atoms with van der Waals surface area (Å²) in [6.45, 7) is 5.11. The minimum Gasteiger partial charge on any atom is -0.395 e. The largest absolute Gasteiger partial charge is 0.395 e. The lowest BCUT2D eigenvalue weighted by atomic mass is 9.81. The van der Waals surface area contributed by atoms with E-state index in [1.165, 1.54) is 38.5 Å². The Morgan fingerprint density at radius 2 is 2.11 bits per heavy atom. The lowest BCUT2D eigenvalue weighted by molar-refractivity contribution is -0.0296. The van der Waals surface area contributed by atoms with Crippen LogP contribution in [0.2, 0.25) is 0 Å². The van der Waals surface area contributed by atoms with Crippen LogP contribution in [0.25, 0.3) is 0 Å². The number of nitrogens with one attached hydrogen (secondary N) is 1. The van der Waals surface area contributed by atoms with Crippen LogP contribution in [0, 0.1) is 5.41 Å². The van der Waals surface area contributed by atoms with Gasteiger partial charge in [-0.2, -0.15) is 0 Å². The van der Waals surface area contributed by atoms with Gasteiger partial charge in [-0.3, -0.25) is 4.90 Å². The lowest BCUT2D eigenvalue weighted by Crippen LogP contribution is -2.50. The Labute approximate surface area is 116 Å². The van der Waals surface area contributed by atoms with Gasteiger partial charge in [-0.1, -0.05) is 0 Å². The highest BCUT2D eigenvalue weighted by Gasteiger charge is 2.39.